The Morgan fingerprint density at radius 1 is 1.18 bits per heavy atom. The summed E-state index contributed by atoms with van der Waals surface area (Å²) in [5.74, 6) is 0.942. The van der Waals surface area contributed by atoms with Crippen LogP contribution in [-0.4, -0.2) is 44.1 Å². The van der Waals surface area contributed by atoms with E-state index in [2.05, 4.69) is 5.32 Å². The lowest BCUT2D eigenvalue weighted by Gasteiger charge is -2.44. The van der Waals surface area contributed by atoms with Crippen LogP contribution < -0.4 is 10.1 Å². The minimum absolute atomic E-state index is 0.153. The number of ether oxygens (including phenoxy) is 1. The highest BCUT2D eigenvalue weighted by molar-refractivity contribution is 5.96. The molecule has 2 aliphatic heterocycles. The molecular weight excluding hydrogens is 276 g/mol. The van der Waals surface area contributed by atoms with Gasteiger partial charge in [-0.2, -0.15) is 0 Å². The molecule has 0 atom stereocenters. The summed E-state index contributed by atoms with van der Waals surface area (Å²) in [7, 11) is 1.65. The number of nitrogens with one attached hydrogen (secondary N) is 1. The van der Waals surface area contributed by atoms with Gasteiger partial charge in [-0.1, -0.05) is 6.07 Å². The average molecular weight is 302 g/mol. The number of hydrogen-bond acceptors (Lipinski definition) is 3. The Kier molecular flexibility index (Phi) is 4.39. The lowest BCUT2D eigenvalue weighted by atomic mass is 9.71. The fourth-order valence-electron chi connectivity index (χ4n) is 3.88. The number of amides is 1. The molecule has 2 aliphatic rings. The van der Waals surface area contributed by atoms with Crippen molar-refractivity contribution in [2.24, 2.45) is 5.41 Å². The van der Waals surface area contributed by atoms with Crippen molar-refractivity contribution in [3.05, 3.63) is 29.3 Å². The molecule has 0 bridgehead atoms. The highest BCUT2D eigenvalue weighted by Gasteiger charge is 2.37. The van der Waals surface area contributed by atoms with Gasteiger partial charge in [-0.05, 0) is 63.2 Å². The summed E-state index contributed by atoms with van der Waals surface area (Å²) >= 11 is 0. The molecule has 120 valence electrons. The van der Waals surface area contributed by atoms with Crippen LogP contribution in [0.5, 0.6) is 5.75 Å². The van der Waals surface area contributed by atoms with Gasteiger partial charge in [0.1, 0.15) is 5.75 Å². The molecule has 4 heteroatoms. The number of piperidine rings is 2. The molecule has 4 nitrogen and oxygen atoms in total. The first kappa shape index (κ1) is 15.3. The van der Waals surface area contributed by atoms with Crippen LogP contribution in [0.15, 0.2) is 18.2 Å². The molecule has 0 saturated carbocycles. The number of rotatable bonds is 2. The quantitative estimate of drug-likeness (QED) is 0.913. The van der Waals surface area contributed by atoms with Gasteiger partial charge >= 0.3 is 0 Å². The van der Waals surface area contributed by atoms with Gasteiger partial charge in [-0.3, -0.25) is 4.79 Å². The van der Waals surface area contributed by atoms with Gasteiger partial charge in [-0.15, -0.1) is 0 Å². The Balaban J connectivity index is 1.70. The van der Waals surface area contributed by atoms with E-state index < -0.39 is 0 Å². The van der Waals surface area contributed by atoms with Crippen LogP contribution in [0.25, 0.3) is 0 Å². The SMILES string of the molecule is COc1cccc(C(=O)N2CCC3(CCNCC3)CC2)c1C. The maximum absolute atomic E-state index is 12.8. The Labute approximate surface area is 132 Å². The largest absolute Gasteiger partial charge is 0.496 e. The first-order valence-corrected chi connectivity index (χ1v) is 8.29. The number of carbonyl (C=O) groups is 1. The van der Waals surface area contributed by atoms with Crippen LogP contribution in [-0.2, 0) is 0 Å². The molecule has 2 saturated heterocycles. The zero-order chi connectivity index (χ0) is 15.6. The highest BCUT2D eigenvalue weighted by Crippen LogP contribution is 2.39. The minimum atomic E-state index is 0.153. The van der Waals surface area contributed by atoms with Crippen molar-refractivity contribution >= 4 is 5.91 Å². The smallest absolute Gasteiger partial charge is 0.254 e. The van der Waals surface area contributed by atoms with Crippen molar-refractivity contribution in [3.63, 3.8) is 0 Å². The third-order valence-electron chi connectivity index (χ3n) is 5.51. The van der Waals surface area contributed by atoms with Gasteiger partial charge in [0, 0.05) is 24.2 Å². The van der Waals surface area contributed by atoms with Crippen LogP contribution in [0.3, 0.4) is 0 Å². The number of nitrogens with zero attached hydrogens (tertiary/aromatic N) is 1. The maximum Gasteiger partial charge on any atom is 0.254 e. The lowest BCUT2D eigenvalue weighted by Crippen LogP contribution is -2.47. The molecule has 1 aromatic rings. The van der Waals surface area contributed by atoms with Crippen LogP contribution in [0, 0.1) is 12.3 Å². The number of methoxy groups -OCH3 is 1. The summed E-state index contributed by atoms with van der Waals surface area (Å²) in [5, 5.41) is 3.44. The van der Waals surface area contributed by atoms with E-state index in [0.717, 1.165) is 55.9 Å². The topological polar surface area (TPSA) is 41.6 Å². The second kappa shape index (κ2) is 6.29. The maximum atomic E-state index is 12.8. The monoisotopic (exact) mass is 302 g/mol. The Morgan fingerprint density at radius 2 is 1.86 bits per heavy atom. The average Bonchev–Trinajstić information content (AvgIpc) is 2.56. The van der Waals surface area contributed by atoms with Crippen LogP contribution >= 0.6 is 0 Å². The van der Waals surface area contributed by atoms with E-state index in [0.29, 0.717) is 5.41 Å². The summed E-state index contributed by atoms with van der Waals surface area (Å²) in [6.45, 7) is 5.99. The van der Waals surface area contributed by atoms with Crippen molar-refractivity contribution in [2.45, 2.75) is 32.6 Å². The first-order valence-electron chi connectivity index (χ1n) is 8.29. The Morgan fingerprint density at radius 3 is 2.50 bits per heavy atom. The van der Waals surface area contributed by atoms with Gasteiger partial charge < -0.3 is 15.0 Å². The second-order valence-corrected chi connectivity index (χ2v) is 6.68. The predicted molar refractivity (Wildman–Crippen MR) is 87.4 cm³/mol. The van der Waals surface area contributed by atoms with Crippen LogP contribution in [0.2, 0.25) is 0 Å². The van der Waals surface area contributed by atoms with Crippen LogP contribution in [0.1, 0.15) is 41.6 Å². The summed E-state index contributed by atoms with van der Waals surface area (Å²) in [6.07, 6.45) is 4.80. The molecule has 0 aliphatic carbocycles. The zero-order valence-corrected chi connectivity index (χ0v) is 13.7. The molecule has 22 heavy (non-hydrogen) atoms. The van der Waals surface area contributed by atoms with E-state index >= 15 is 0 Å². The van der Waals surface area contributed by atoms with Crippen molar-refractivity contribution in [2.75, 3.05) is 33.3 Å². The van der Waals surface area contributed by atoms with Gasteiger partial charge in [0.05, 0.1) is 7.11 Å². The highest BCUT2D eigenvalue weighted by atomic mass is 16.5. The Bertz CT molecular complexity index is 540. The van der Waals surface area contributed by atoms with Crippen molar-refractivity contribution < 1.29 is 9.53 Å². The molecule has 2 fully saturated rings. The molecule has 0 unspecified atom stereocenters. The molecule has 2 heterocycles. The fraction of sp³-hybridized carbons (Fsp3) is 0.611. The van der Waals surface area contributed by atoms with Crippen molar-refractivity contribution in [1.29, 1.82) is 0 Å². The molecule has 0 radical (unpaired) electrons. The van der Waals surface area contributed by atoms with Gasteiger partial charge in [0.15, 0.2) is 0 Å². The summed E-state index contributed by atoms with van der Waals surface area (Å²) in [5.41, 5.74) is 2.20. The number of carbonyl (C=O) groups excluding carboxylic acids is 1. The normalized spacial score (nSPS) is 20.9. The molecule has 1 spiro atoms. The molecule has 1 aromatic carbocycles. The summed E-state index contributed by atoms with van der Waals surface area (Å²) in [4.78, 5) is 14.8. The molecule has 0 aromatic heterocycles. The van der Waals surface area contributed by atoms with Crippen molar-refractivity contribution in [1.82, 2.24) is 10.2 Å². The predicted octanol–water partition coefficient (Wildman–Crippen LogP) is 2.61. The van der Waals surface area contributed by atoms with Gasteiger partial charge in [0.25, 0.3) is 5.91 Å². The molecule has 1 amide bonds. The first-order chi connectivity index (χ1) is 10.7. The third-order valence-corrected chi connectivity index (χ3v) is 5.51. The molecule has 3 rings (SSSR count). The van der Waals surface area contributed by atoms with E-state index in [4.69, 9.17) is 4.74 Å². The van der Waals surface area contributed by atoms with E-state index in [9.17, 15) is 4.79 Å². The van der Waals surface area contributed by atoms with Gasteiger partial charge in [0.2, 0.25) is 0 Å². The van der Waals surface area contributed by atoms with E-state index in [1.807, 2.05) is 30.0 Å². The van der Waals surface area contributed by atoms with E-state index in [-0.39, 0.29) is 5.91 Å². The van der Waals surface area contributed by atoms with Crippen LogP contribution in [0.4, 0.5) is 0 Å². The van der Waals surface area contributed by atoms with Gasteiger partial charge in [-0.25, -0.2) is 0 Å². The zero-order valence-electron chi connectivity index (χ0n) is 13.7. The van der Waals surface area contributed by atoms with E-state index in [1.165, 1.54) is 12.8 Å². The minimum Gasteiger partial charge on any atom is -0.496 e. The number of benzene rings is 1. The lowest BCUT2D eigenvalue weighted by molar-refractivity contribution is 0.0495. The Hall–Kier alpha value is -1.55. The summed E-state index contributed by atoms with van der Waals surface area (Å²) < 4.78 is 5.34. The van der Waals surface area contributed by atoms with E-state index in [1.54, 1.807) is 7.11 Å². The fourth-order valence-corrected chi connectivity index (χ4v) is 3.88. The molecular formula is C18H26N2O2. The third kappa shape index (κ3) is 2.84. The number of likely N-dealkylation sites (tertiary alicyclic amines) is 1. The standard InChI is InChI=1S/C18H26N2O2/c1-14-15(4-3-5-16(14)22-2)17(21)20-12-8-18(9-13-20)6-10-19-11-7-18/h3-5,19H,6-13H2,1-2H3. The second-order valence-electron chi connectivity index (χ2n) is 6.68. The van der Waals surface area contributed by atoms with Crippen molar-refractivity contribution in [3.8, 4) is 5.75 Å². The number of hydrogen-bond donors (Lipinski definition) is 1. The summed E-state index contributed by atoms with van der Waals surface area (Å²) in [6, 6.07) is 5.72. The molecule has 1 N–H and O–H groups in total.